The van der Waals surface area contributed by atoms with E-state index in [0.29, 0.717) is 5.69 Å². The summed E-state index contributed by atoms with van der Waals surface area (Å²) in [6.45, 7) is 5.13. The molecule has 3 rings (SSSR count). The van der Waals surface area contributed by atoms with Crippen molar-refractivity contribution in [2.75, 3.05) is 43.5 Å². The average Bonchev–Trinajstić information content (AvgIpc) is 2.73. The first-order valence-corrected chi connectivity index (χ1v) is 11.0. The maximum Gasteiger partial charge on any atom is 0.282 e. The number of quaternary nitrogens is 1. The zero-order chi connectivity index (χ0) is 21.0. The van der Waals surface area contributed by atoms with Gasteiger partial charge < -0.3 is 19.9 Å². The Hall–Kier alpha value is -2.62. The first kappa shape index (κ1) is 21.1. The van der Waals surface area contributed by atoms with Crippen molar-refractivity contribution in [1.82, 2.24) is 0 Å². The maximum absolute atomic E-state index is 12.7. The van der Waals surface area contributed by atoms with Crippen LogP contribution in [0.25, 0.3) is 0 Å². The van der Waals surface area contributed by atoms with Crippen molar-refractivity contribution in [2.24, 2.45) is 5.14 Å². The second-order valence-electron chi connectivity index (χ2n) is 7.10. The van der Waals surface area contributed by atoms with E-state index in [2.05, 4.69) is 10.2 Å². The van der Waals surface area contributed by atoms with E-state index in [1.165, 1.54) is 17.0 Å². The minimum atomic E-state index is -3.81. The standard InChI is InChI=1S/C20H26N4O4S/c1-15(20(25)22-16-6-5-7-17(14-16)29(21,26)27)23-10-12-24(13-11-23)18-8-3-4-9-19(18)28-2/h3-9,14-15H,10-13H2,1-2H3,(H,22,25)(H2,21,26,27)/p+1/t15-/m0/s1. The molecule has 0 saturated carbocycles. The second kappa shape index (κ2) is 8.81. The van der Waals surface area contributed by atoms with Crippen LogP contribution in [0.15, 0.2) is 53.4 Å². The molecule has 0 unspecified atom stereocenters. The van der Waals surface area contributed by atoms with Crippen LogP contribution < -0.4 is 25.0 Å². The fourth-order valence-corrected chi connectivity index (χ4v) is 4.11. The van der Waals surface area contributed by atoms with Gasteiger partial charge in [0.25, 0.3) is 5.91 Å². The molecule has 1 saturated heterocycles. The van der Waals surface area contributed by atoms with Crippen molar-refractivity contribution in [2.45, 2.75) is 17.9 Å². The maximum atomic E-state index is 12.7. The molecular weight excluding hydrogens is 392 g/mol. The van der Waals surface area contributed by atoms with Gasteiger partial charge in [0.2, 0.25) is 10.0 Å². The van der Waals surface area contributed by atoms with Crippen molar-refractivity contribution in [3.05, 3.63) is 48.5 Å². The van der Waals surface area contributed by atoms with Crippen LogP contribution in [0, 0.1) is 0 Å². The van der Waals surface area contributed by atoms with Gasteiger partial charge in [0.1, 0.15) is 5.75 Å². The van der Waals surface area contributed by atoms with Crippen LogP contribution in [-0.4, -0.2) is 53.7 Å². The van der Waals surface area contributed by atoms with Gasteiger partial charge in [-0.05, 0) is 37.3 Å². The highest BCUT2D eigenvalue weighted by Gasteiger charge is 2.30. The number of methoxy groups -OCH3 is 1. The van der Waals surface area contributed by atoms with Crippen LogP contribution >= 0.6 is 0 Å². The molecule has 1 aliphatic heterocycles. The summed E-state index contributed by atoms with van der Waals surface area (Å²) in [5.74, 6) is 0.689. The lowest BCUT2D eigenvalue weighted by Crippen LogP contribution is -3.19. The van der Waals surface area contributed by atoms with Crippen molar-refractivity contribution >= 4 is 27.3 Å². The predicted molar refractivity (Wildman–Crippen MR) is 112 cm³/mol. The SMILES string of the molecule is COc1ccccc1N1CC[NH+]([C@@H](C)C(=O)Nc2cccc(S(N)(=O)=O)c2)CC1. The van der Waals surface area contributed by atoms with Crippen molar-refractivity contribution in [1.29, 1.82) is 0 Å². The Balaban J connectivity index is 1.60. The van der Waals surface area contributed by atoms with E-state index in [-0.39, 0.29) is 16.8 Å². The second-order valence-corrected chi connectivity index (χ2v) is 8.66. The number of hydrogen-bond donors (Lipinski definition) is 3. The molecule has 9 heteroatoms. The van der Waals surface area contributed by atoms with Gasteiger partial charge >= 0.3 is 0 Å². The Labute approximate surface area is 171 Å². The van der Waals surface area contributed by atoms with Crippen LogP contribution in [0.3, 0.4) is 0 Å². The first-order valence-electron chi connectivity index (χ1n) is 9.46. The van der Waals surface area contributed by atoms with Crippen LogP contribution in [0.4, 0.5) is 11.4 Å². The van der Waals surface area contributed by atoms with Crippen LogP contribution in [0.2, 0.25) is 0 Å². The highest BCUT2D eigenvalue weighted by molar-refractivity contribution is 7.89. The lowest BCUT2D eigenvalue weighted by atomic mass is 10.2. The van der Waals surface area contributed by atoms with E-state index in [9.17, 15) is 13.2 Å². The number of amides is 1. The summed E-state index contributed by atoms with van der Waals surface area (Å²) in [4.78, 5) is 16.1. The molecule has 8 nitrogen and oxygen atoms in total. The summed E-state index contributed by atoms with van der Waals surface area (Å²) in [7, 11) is -2.15. The topological polar surface area (TPSA) is 106 Å². The summed E-state index contributed by atoms with van der Waals surface area (Å²) in [5, 5.41) is 7.96. The fourth-order valence-electron chi connectivity index (χ4n) is 3.55. The number of sulfonamides is 1. The number of benzene rings is 2. The number of nitrogens with zero attached hydrogens (tertiary/aromatic N) is 1. The van der Waals surface area contributed by atoms with Gasteiger partial charge in [-0.1, -0.05) is 18.2 Å². The van der Waals surface area contributed by atoms with Crippen LogP contribution in [0.1, 0.15) is 6.92 Å². The molecule has 1 amide bonds. The molecule has 1 atom stereocenters. The summed E-state index contributed by atoms with van der Waals surface area (Å²) < 4.78 is 28.4. The number of hydrogen-bond acceptors (Lipinski definition) is 5. The zero-order valence-corrected chi connectivity index (χ0v) is 17.4. The Bertz CT molecular complexity index is 972. The number of primary sulfonamides is 1. The van der Waals surface area contributed by atoms with E-state index < -0.39 is 10.0 Å². The summed E-state index contributed by atoms with van der Waals surface area (Å²) in [6, 6.07) is 13.6. The van der Waals surface area contributed by atoms with Crippen LogP contribution in [0.5, 0.6) is 5.75 Å². The highest BCUT2D eigenvalue weighted by Crippen LogP contribution is 2.27. The smallest absolute Gasteiger partial charge is 0.282 e. The summed E-state index contributed by atoms with van der Waals surface area (Å²) in [5.41, 5.74) is 1.48. The molecule has 1 aliphatic rings. The average molecular weight is 420 g/mol. The van der Waals surface area contributed by atoms with E-state index in [4.69, 9.17) is 9.88 Å². The number of nitrogens with two attached hydrogens (primary N) is 1. The molecule has 2 aromatic rings. The monoisotopic (exact) mass is 419 g/mol. The van der Waals surface area contributed by atoms with Gasteiger partial charge in [0.05, 0.1) is 43.9 Å². The van der Waals surface area contributed by atoms with Crippen molar-refractivity contribution in [3.8, 4) is 5.75 Å². The number of piperazine rings is 1. The van der Waals surface area contributed by atoms with Gasteiger partial charge in [-0.3, -0.25) is 4.79 Å². The Morgan fingerprint density at radius 1 is 1.17 bits per heavy atom. The molecule has 0 aliphatic carbocycles. The Kier molecular flexibility index (Phi) is 6.41. The van der Waals surface area contributed by atoms with Gasteiger partial charge in [0.15, 0.2) is 6.04 Å². The third-order valence-electron chi connectivity index (χ3n) is 5.27. The zero-order valence-electron chi connectivity index (χ0n) is 16.6. The third kappa shape index (κ3) is 5.06. The molecular formula is C20H27N4O4S+. The largest absolute Gasteiger partial charge is 0.495 e. The number of ether oxygens (including phenoxy) is 1. The van der Waals surface area contributed by atoms with Gasteiger partial charge in [-0.2, -0.15) is 0 Å². The third-order valence-corrected chi connectivity index (χ3v) is 6.18. The molecule has 29 heavy (non-hydrogen) atoms. The Morgan fingerprint density at radius 2 is 1.86 bits per heavy atom. The quantitative estimate of drug-likeness (QED) is 0.615. The number of carbonyl (C=O) groups excluding carboxylic acids is 1. The minimum absolute atomic E-state index is 0.0271. The molecule has 4 N–H and O–H groups in total. The molecule has 0 aromatic heterocycles. The molecule has 0 radical (unpaired) electrons. The molecule has 0 spiro atoms. The summed E-state index contributed by atoms with van der Waals surface area (Å²) in [6.07, 6.45) is 0. The number of nitrogens with one attached hydrogen (secondary N) is 2. The highest BCUT2D eigenvalue weighted by atomic mass is 32.2. The molecule has 0 bridgehead atoms. The van der Waals surface area contributed by atoms with E-state index in [1.54, 1.807) is 19.2 Å². The van der Waals surface area contributed by atoms with Crippen molar-refractivity contribution < 1.29 is 22.8 Å². The number of carbonyl (C=O) groups is 1. The summed E-state index contributed by atoms with van der Waals surface area (Å²) >= 11 is 0. The molecule has 1 fully saturated rings. The lowest BCUT2D eigenvalue weighted by Gasteiger charge is -2.36. The molecule has 156 valence electrons. The molecule has 1 heterocycles. The van der Waals surface area contributed by atoms with Crippen molar-refractivity contribution in [3.63, 3.8) is 0 Å². The van der Waals surface area contributed by atoms with Gasteiger partial charge in [0, 0.05) is 5.69 Å². The fraction of sp³-hybridized carbons (Fsp3) is 0.350. The minimum Gasteiger partial charge on any atom is -0.495 e. The van der Waals surface area contributed by atoms with Gasteiger partial charge in [-0.15, -0.1) is 0 Å². The van der Waals surface area contributed by atoms with E-state index in [0.717, 1.165) is 37.6 Å². The van der Waals surface area contributed by atoms with Gasteiger partial charge in [-0.25, -0.2) is 13.6 Å². The normalized spacial score (nSPS) is 16.3. The lowest BCUT2D eigenvalue weighted by molar-refractivity contribution is -0.914. The predicted octanol–water partition coefficient (Wildman–Crippen LogP) is 0.0747. The van der Waals surface area contributed by atoms with Crippen LogP contribution in [-0.2, 0) is 14.8 Å². The molecule has 2 aromatic carbocycles. The number of para-hydroxylation sites is 2. The Morgan fingerprint density at radius 3 is 2.52 bits per heavy atom. The number of rotatable bonds is 6. The first-order chi connectivity index (χ1) is 13.8. The van der Waals surface area contributed by atoms with E-state index in [1.807, 2.05) is 31.2 Å². The van der Waals surface area contributed by atoms with E-state index >= 15 is 0 Å². The number of anilines is 2.